The third-order valence-corrected chi connectivity index (χ3v) is 3.66. The van der Waals surface area contributed by atoms with Gasteiger partial charge in [-0.25, -0.2) is 4.98 Å². The van der Waals surface area contributed by atoms with Crippen molar-refractivity contribution in [2.75, 3.05) is 38.4 Å². The maximum Gasteiger partial charge on any atom is 0.373 e. The quantitative estimate of drug-likeness (QED) is 0.821. The van der Waals surface area contributed by atoms with Crippen molar-refractivity contribution in [3.8, 4) is 0 Å². The number of rotatable bonds is 4. The summed E-state index contributed by atoms with van der Waals surface area (Å²) in [7, 11) is 1.73. The van der Waals surface area contributed by atoms with Gasteiger partial charge in [-0.2, -0.15) is 9.59 Å². The maximum atomic E-state index is 8.12. The van der Waals surface area contributed by atoms with Crippen molar-refractivity contribution >= 4 is 22.6 Å². The Morgan fingerprint density at radius 2 is 2.37 bits per heavy atom. The monoisotopic (exact) mass is 286 g/mol. The summed E-state index contributed by atoms with van der Waals surface area (Å²) in [5.74, 6) is 0. The molecule has 2 heterocycles. The molecule has 0 bridgehead atoms. The van der Waals surface area contributed by atoms with Gasteiger partial charge in [0.05, 0.1) is 31.6 Å². The Bertz CT molecular complexity index is 402. The smallest absolute Gasteiger partial charge is 0.373 e. The molecule has 1 unspecified atom stereocenters. The number of morpholine rings is 1. The van der Waals surface area contributed by atoms with Crippen molar-refractivity contribution in [2.24, 2.45) is 0 Å². The number of aromatic nitrogens is 1. The normalized spacial score (nSPS) is 18.4. The minimum atomic E-state index is 0.250. The third-order valence-electron chi connectivity index (χ3n) is 2.73. The molecule has 0 spiro atoms. The zero-order chi connectivity index (χ0) is 14.1. The van der Waals surface area contributed by atoms with Crippen molar-refractivity contribution in [1.82, 2.24) is 4.98 Å². The fraction of sp³-hybridized carbons (Fsp3) is 0.667. The second-order valence-corrected chi connectivity index (χ2v) is 4.77. The van der Waals surface area contributed by atoms with E-state index in [2.05, 4.69) is 22.2 Å². The number of hydrogen-bond donors (Lipinski definition) is 0. The Hall–Kier alpha value is -1.27. The molecule has 106 valence electrons. The molecule has 1 aromatic rings. The number of hydrogen-bond acceptors (Lipinski definition) is 7. The van der Waals surface area contributed by atoms with Crippen molar-refractivity contribution in [2.45, 2.75) is 19.4 Å². The topological polar surface area (TPSA) is 68.7 Å². The average Bonchev–Trinajstić information content (AvgIpc) is 2.89. The Morgan fingerprint density at radius 3 is 2.95 bits per heavy atom. The van der Waals surface area contributed by atoms with Crippen LogP contribution in [0.4, 0.5) is 5.13 Å². The fourth-order valence-corrected chi connectivity index (χ4v) is 2.83. The van der Waals surface area contributed by atoms with Crippen LogP contribution in [-0.4, -0.2) is 50.7 Å². The number of aryl methyl sites for hydroxylation is 1. The predicted molar refractivity (Wildman–Crippen MR) is 70.3 cm³/mol. The molecule has 0 saturated carbocycles. The number of methoxy groups -OCH3 is 1. The second kappa shape index (κ2) is 8.77. The molecule has 6 nitrogen and oxygen atoms in total. The lowest BCUT2D eigenvalue weighted by atomic mass is 10.2. The van der Waals surface area contributed by atoms with Crippen LogP contribution in [0, 0.1) is 0 Å². The second-order valence-electron chi connectivity index (χ2n) is 3.94. The van der Waals surface area contributed by atoms with E-state index in [1.165, 1.54) is 5.69 Å². The van der Waals surface area contributed by atoms with Gasteiger partial charge in [0.2, 0.25) is 0 Å². The molecule has 0 radical (unpaired) electrons. The third kappa shape index (κ3) is 4.72. The molecule has 1 saturated heterocycles. The highest BCUT2D eigenvalue weighted by atomic mass is 32.1. The molecule has 0 aromatic carbocycles. The van der Waals surface area contributed by atoms with E-state index in [9.17, 15) is 0 Å². The Kier molecular flexibility index (Phi) is 7.28. The van der Waals surface area contributed by atoms with Crippen molar-refractivity contribution in [3.63, 3.8) is 0 Å². The molecule has 19 heavy (non-hydrogen) atoms. The SMILES string of the molecule is CCc1csc(N2CCOCC2COC)n1.O=C=O. The summed E-state index contributed by atoms with van der Waals surface area (Å²) in [5.41, 5.74) is 1.17. The standard InChI is InChI=1S/C11H18N2O2S.CO2/c1-3-9-8-16-11(12-9)13-4-5-15-7-10(13)6-14-2;2-1-3/h8,10H,3-7H2,1-2H3;. The minimum Gasteiger partial charge on any atom is -0.382 e. The summed E-state index contributed by atoms with van der Waals surface area (Å²) in [6.07, 6.45) is 1.25. The first-order valence-electron chi connectivity index (χ1n) is 6.03. The van der Waals surface area contributed by atoms with Crippen LogP contribution in [0.5, 0.6) is 0 Å². The zero-order valence-electron chi connectivity index (χ0n) is 11.1. The van der Waals surface area contributed by atoms with E-state index in [-0.39, 0.29) is 6.15 Å². The Balaban J connectivity index is 0.000000550. The van der Waals surface area contributed by atoms with Crippen LogP contribution < -0.4 is 4.90 Å². The summed E-state index contributed by atoms with van der Waals surface area (Å²) < 4.78 is 10.7. The predicted octanol–water partition coefficient (Wildman–Crippen LogP) is 0.974. The molecule has 1 aliphatic rings. The number of anilines is 1. The van der Waals surface area contributed by atoms with Gasteiger partial charge in [-0.05, 0) is 6.42 Å². The van der Waals surface area contributed by atoms with Gasteiger partial charge < -0.3 is 14.4 Å². The van der Waals surface area contributed by atoms with E-state index < -0.39 is 0 Å². The summed E-state index contributed by atoms with van der Waals surface area (Å²) in [6, 6.07) is 0.301. The van der Waals surface area contributed by atoms with Crippen molar-refractivity contribution in [1.29, 1.82) is 0 Å². The minimum absolute atomic E-state index is 0.250. The molecule has 1 aliphatic heterocycles. The lowest BCUT2D eigenvalue weighted by Gasteiger charge is -2.34. The van der Waals surface area contributed by atoms with Gasteiger partial charge in [0.1, 0.15) is 0 Å². The summed E-state index contributed by atoms with van der Waals surface area (Å²) >= 11 is 1.71. The van der Waals surface area contributed by atoms with Gasteiger partial charge in [0, 0.05) is 19.0 Å². The molecule has 7 heteroatoms. The number of ether oxygens (including phenoxy) is 2. The van der Waals surface area contributed by atoms with Crippen molar-refractivity contribution < 1.29 is 19.1 Å². The van der Waals surface area contributed by atoms with Crippen LogP contribution >= 0.6 is 11.3 Å². The van der Waals surface area contributed by atoms with E-state index in [1.807, 2.05) is 0 Å². The lowest BCUT2D eigenvalue weighted by molar-refractivity contribution is -0.191. The highest BCUT2D eigenvalue weighted by Gasteiger charge is 2.25. The van der Waals surface area contributed by atoms with Crippen LogP contribution in [0.2, 0.25) is 0 Å². The van der Waals surface area contributed by atoms with Gasteiger partial charge in [-0.3, -0.25) is 0 Å². The van der Waals surface area contributed by atoms with Gasteiger partial charge in [-0.15, -0.1) is 11.3 Å². The van der Waals surface area contributed by atoms with Crippen LogP contribution in [0.1, 0.15) is 12.6 Å². The first-order chi connectivity index (χ1) is 9.26. The number of carbonyl (C=O) groups excluding carboxylic acids is 2. The van der Waals surface area contributed by atoms with Crippen molar-refractivity contribution in [3.05, 3.63) is 11.1 Å². The van der Waals surface area contributed by atoms with Crippen LogP contribution in [0.25, 0.3) is 0 Å². The maximum absolute atomic E-state index is 8.12. The van der Waals surface area contributed by atoms with E-state index in [4.69, 9.17) is 19.1 Å². The van der Waals surface area contributed by atoms with E-state index in [0.29, 0.717) is 12.6 Å². The van der Waals surface area contributed by atoms with E-state index in [0.717, 1.165) is 31.3 Å². The Labute approximate surface area is 116 Å². The molecule has 1 fully saturated rings. The van der Waals surface area contributed by atoms with Crippen LogP contribution in [-0.2, 0) is 25.5 Å². The fourth-order valence-electron chi connectivity index (χ4n) is 1.83. The van der Waals surface area contributed by atoms with E-state index >= 15 is 0 Å². The number of thiazole rings is 1. The van der Waals surface area contributed by atoms with Crippen LogP contribution in [0.15, 0.2) is 5.38 Å². The largest absolute Gasteiger partial charge is 0.382 e. The molecule has 0 aliphatic carbocycles. The van der Waals surface area contributed by atoms with Gasteiger partial charge in [0.25, 0.3) is 0 Å². The molecule has 0 amide bonds. The van der Waals surface area contributed by atoms with Crippen LogP contribution in [0.3, 0.4) is 0 Å². The summed E-state index contributed by atoms with van der Waals surface area (Å²) in [6.45, 7) is 5.24. The van der Waals surface area contributed by atoms with Gasteiger partial charge in [0.15, 0.2) is 5.13 Å². The first-order valence-corrected chi connectivity index (χ1v) is 6.91. The summed E-state index contributed by atoms with van der Waals surface area (Å²) in [4.78, 5) is 23.2. The molecule has 1 atom stereocenters. The highest BCUT2D eigenvalue weighted by molar-refractivity contribution is 7.13. The molecule has 1 aromatic heterocycles. The first kappa shape index (κ1) is 15.8. The lowest BCUT2D eigenvalue weighted by Crippen LogP contribution is -2.48. The summed E-state index contributed by atoms with van der Waals surface area (Å²) in [5, 5.41) is 3.23. The van der Waals surface area contributed by atoms with E-state index in [1.54, 1.807) is 18.4 Å². The van der Waals surface area contributed by atoms with Gasteiger partial charge >= 0.3 is 6.15 Å². The molecular formula is C12H18N2O4S. The highest BCUT2D eigenvalue weighted by Crippen LogP contribution is 2.24. The molecule has 2 rings (SSSR count). The molecule has 0 N–H and O–H groups in total. The molecular weight excluding hydrogens is 268 g/mol. The zero-order valence-corrected chi connectivity index (χ0v) is 11.9. The average molecular weight is 286 g/mol. The number of nitrogens with zero attached hydrogens (tertiary/aromatic N) is 2. The Morgan fingerprint density at radius 1 is 1.63 bits per heavy atom. The van der Waals surface area contributed by atoms with Gasteiger partial charge in [-0.1, -0.05) is 6.92 Å².